The lowest BCUT2D eigenvalue weighted by atomic mass is 10.1. The predicted octanol–water partition coefficient (Wildman–Crippen LogP) is 5.06. The normalized spacial score (nSPS) is 12.3. The van der Waals surface area contributed by atoms with Gasteiger partial charge in [-0.25, -0.2) is 5.43 Å². The van der Waals surface area contributed by atoms with Crippen molar-refractivity contribution in [2.45, 2.75) is 13.0 Å². The number of amides is 1. The Balaban J connectivity index is 1.60. The molecule has 0 aliphatic carbocycles. The third-order valence-corrected chi connectivity index (χ3v) is 4.26. The van der Waals surface area contributed by atoms with Gasteiger partial charge in [0, 0.05) is 5.02 Å². The molecule has 26 heavy (non-hydrogen) atoms. The molecule has 1 unspecified atom stereocenters. The number of hydrogen-bond donors (Lipinski definition) is 1. The van der Waals surface area contributed by atoms with Gasteiger partial charge in [-0.2, -0.15) is 5.10 Å². The van der Waals surface area contributed by atoms with Gasteiger partial charge in [-0.15, -0.1) is 0 Å². The molecule has 0 aliphatic heterocycles. The number of nitrogens with zero attached hydrogens (tertiary/aromatic N) is 1. The summed E-state index contributed by atoms with van der Waals surface area (Å²) in [6.45, 7) is 1.62. The number of hydrazone groups is 1. The lowest BCUT2D eigenvalue weighted by molar-refractivity contribution is -0.127. The molecule has 3 rings (SSSR count). The molecule has 0 spiro atoms. The Morgan fingerprint density at radius 3 is 2.62 bits per heavy atom. The summed E-state index contributed by atoms with van der Waals surface area (Å²) in [6, 6.07) is 18.8. The summed E-state index contributed by atoms with van der Waals surface area (Å²) in [5, 5.41) is 7.09. The molecule has 0 fully saturated rings. The smallest absolute Gasteiger partial charge is 0.280 e. The van der Waals surface area contributed by atoms with Crippen LogP contribution in [0.25, 0.3) is 10.8 Å². The van der Waals surface area contributed by atoms with Gasteiger partial charge >= 0.3 is 0 Å². The molecule has 0 heterocycles. The Hall–Kier alpha value is -2.56. The average Bonchev–Trinajstić information content (AvgIpc) is 2.63. The number of benzene rings is 3. The third-order valence-electron chi connectivity index (χ3n) is 3.73. The number of hydrogen-bond acceptors (Lipinski definition) is 3. The van der Waals surface area contributed by atoms with Crippen LogP contribution in [0.1, 0.15) is 12.5 Å². The molecule has 0 bridgehead atoms. The van der Waals surface area contributed by atoms with E-state index in [4.69, 9.17) is 27.9 Å². The molecular weight excluding hydrogens is 371 g/mol. The quantitative estimate of drug-likeness (QED) is 0.491. The SMILES string of the molecule is CC(Oc1ccc(Cl)cc1Cl)C(=O)NN=Cc1ccc2ccccc2c1. The first-order valence-corrected chi connectivity index (χ1v) is 8.72. The van der Waals surface area contributed by atoms with E-state index in [-0.39, 0.29) is 5.91 Å². The molecule has 6 heteroatoms. The number of carbonyl (C=O) groups is 1. The number of carbonyl (C=O) groups excluding carboxylic acids is 1. The molecule has 0 aliphatic rings. The van der Waals surface area contributed by atoms with Gasteiger partial charge in [-0.1, -0.05) is 59.6 Å². The van der Waals surface area contributed by atoms with E-state index in [1.807, 2.05) is 42.5 Å². The van der Waals surface area contributed by atoms with E-state index in [1.54, 1.807) is 31.3 Å². The second-order valence-electron chi connectivity index (χ2n) is 5.68. The highest BCUT2D eigenvalue weighted by molar-refractivity contribution is 6.35. The van der Waals surface area contributed by atoms with E-state index in [0.29, 0.717) is 15.8 Å². The topological polar surface area (TPSA) is 50.7 Å². The van der Waals surface area contributed by atoms with Crippen LogP contribution in [0.3, 0.4) is 0 Å². The highest BCUT2D eigenvalue weighted by Gasteiger charge is 2.15. The maximum atomic E-state index is 12.1. The Morgan fingerprint density at radius 2 is 1.85 bits per heavy atom. The summed E-state index contributed by atoms with van der Waals surface area (Å²) < 4.78 is 5.55. The Kier molecular flexibility index (Phi) is 5.76. The summed E-state index contributed by atoms with van der Waals surface area (Å²) in [5.41, 5.74) is 3.35. The van der Waals surface area contributed by atoms with Crippen molar-refractivity contribution in [3.63, 3.8) is 0 Å². The molecule has 0 radical (unpaired) electrons. The van der Waals surface area contributed by atoms with Crippen molar-refractivity contribution >= 4 is 46.1 Å². The van der Waals surface area contributed by atoms with Crippen LogP contribution in [0, 0.1) is 0 Å². The van der Waals surface area contributed by atoms with Gasteiger partial charge in [0.15, 0.2) is 6.10 Å². The summed E-state index contributed by atoms with van der Waals surface area (Å²) in [5.74, 6) is 0.00489. The summed E-state index contributed by atoms with van der Waals surface area (Å²) in [7, 11) is 0. The lowest BCUT2D eigenvalue weighted by Gasteiger charge is -2.14. The van der Waals surface area contributed by atoms with Crippen LogP contribution in [0.2, 0.25) is 10.0 Å². The van der Waals surface area contributed by atoms with Crippen molar-refractivity contribution in [1.82, 2.24) is 5.43 Å². The molecule has 1 N–H and O–H groups in total. The first-order valence-electron chi connectivity index (χ1n) is 7.96. The number of fused-ring (bicyclic) bond motifs is 1. The van der Waals surface area contributed by atoms with Crippen molar-refractivity contribution in [1.29, 1.82) is 0 Å². The predicted molar refractivity (Wildman–Crippen MR) is 106 cm³/mol. The van der Waals surface area contributed by atoms with Gasteiger partial charge in [0.2, 0.25) is 0 Å². The van der Waals surface area contributed by atoms with Gasteiger partial charge in [0.25, 0.3) is 5.91 Å². The largest absolute Gasteiger partial charge is 0.479 e. The van der Waals surface area contributed by atoms with Crippen LogP contribution in [-0.2, 0) is 4.79 Å². The molecule has 0 saturated heterocycles. The molecule has 0 aromatic heterocycles. The van der Waals surface area contributed by atoms with E-state index >= 15 is 0 Å². The molecular formula is C20H16Cl2N2O2. The van der Waals surface area contributed by atoms with Crippen molar-refractivity contribution < 1.29 is 9.53 Å². The van der Waals surface area contributed by atoms with Gasteiger partial charge in [-0.05, 0) is 47.5 Å². The van der Waals surface area contributed by atoms with Crippen LogP contribution in [0.15, 0.2) is 65.8 Å². The highest BCUT2D eigenvalue weighted by Crippen LogP contribution is 2.28. The molecule has 4 nitrogen and oxygen atoms in total. The van der Waals surface area contributed by atoms with E-state index < -0.39 is 6.10 Å². The standard InChI is InChI=1S/C20H16Cl2N2O2/c1-13(26-19-9-8-17(21)11-18(19)22)20(25)24-23-12-14-6-7-15-4-2-3-5-16(15)10-14/h2-13H,1H3,(H,24,25). The lowest BCUT2D eigenvalue weighted by Crippen LogP contribution is -2.33. The summed E-state index contributed by atoms with van der Waals surface area (Å²) >= 11 is 11.9. The number of nitrogens with one attached hydrogen (secondary N) is 1. The van der Waals surface area contributed by atoms with Gasteiger partial charge in [0.05, 0.1) is 11.2 Å². The first kappa shape index (κ1) is 18.2. The molecule has 1 amide bonds. The maximum Gasteiger partial charge on any atom is 0.280 e. The molecule has 0 saturated carbocycles. The van der Waals surface area contributed by atoms with Gasteiger partial charge in [-0.3, -0.25) is 4.79 Å². The summed E-state index contributed by atoms with van der Waals surface area (Å²) in [6.07, 6.45) is 0.828. The van der Waals surface area contributed by atoms with Crippen LogP contribution in [-0.4, -0.2) is 18.2 Å². The number of ether oxygens (including phenoxy) is 1. The molecule has 1 atom stereocenters. The molecule has 3 aromatic rings. The van der Waals surface area contributed by atoms with Crippen molar-refractivity contribution in [2.24, 2.45) is 5.10 Å². The van der Waals surface area contributed by atoms with Crippen LogP contribution >= 0.6 is 23.2 Å². The zero-order valence-electron chi connectivity index (χ0n) is 13.9. The van der Waals surface area contributed by atoms with Gasteiger partial charge < -0.3 is 4.74 Å². The number of rotatable bonds is 5. The van der Waals surface area contributed by atoms with Crippen LogP contribution in [0.4, 0.5) is 0 Å². The zero-order chi connectivity index (χ0) is 18.5. The minimum absolute atomic E-state index is 0.344. The Labute approximate surface area is 161 Å². The first-order chi connectivity index (χ1) is 12.5. The second kappa shape index (κ2) is 8.21. The number of halogens is 2. The van der Waals surface area contributed by atoms with Crippen molar-refractivity contribution in [3.05, 3.63) is 76.3 Å². The van der Waals surface area contributed by atoms with Crippen LogP contribution < -0.4 is 10.2 Å². The second-order valence-corrected chi connectivity index (χ2v) is 6.52. The van der Waals surface area contributed by atoms with E-state index in [2.05, 4.69) is 10.5 Å². The summed E-state index contributed by atoms with van der Waals surface area (Å²) in [4.78, 5) is 12.1. The van der Waals surface area contributed by atoms with Crippen molar-refractivity contribution in [2.75, 3.05) is 0 Å². The Morgan fingerprint density at radius 1 is 1.08 bits per heavy atom. The third kappa shape index (κ3) is 4.54. The van der Waals surface area contributed by atoms with E-state index in [1.165, 1.54) is 0 Å². The monoisotopic (exact) mass is 386 g/mol. The minimum atomic E-state index is -0.762. The fourth-order valence-corrected chi connectivity index (χ4v) is 2.82. The van der Waals surface area contributed by atoms with Crippen LogP contribution in [0.5, 0.6) is 5.75 Å². The molecule has 3 aromatic carbocycles. The Bertz CT molecular complexity index is 973. The average molecular weight is 387 g/mol. The molecule has 132 valence electrons. The van der Waals surface area contributed by atoms with E-state index in [9.17, 15) is 4.79 Å². The minimum Gasteiger partial charge on any atom is -0.479 e. The van der Waals surface area contributed by atoms with E-state index in [0.717, 1.165) is 16.3 Å². The zero-order valence-corrected chi connectivity index (χ0v) is 15.5. The maximum absolute atomic E-state index is 12.1. The van der Waals surface area contributed by atoms with Crippen molar-refractivity contribution in [3.8, 4) is 5.75 Å². The van der Waals surface area contributed by atoms with Gasteiger partial charge in [0.1, 0.15) is 5.75 Å². The fourth-order valence-electron chi connectivity index (χ4n) is 2.36. The fraction of sp³-hybridized carbons (Fsp3) is 0.100. The highest BCUT2D eigenvalue weighted by atomic mass is 35.5.